The molecule has 0 unspecified atom stereocenters. The second-order valence-electron chi connectivity index (χ2n) is 9.87. The van der Waals surface area contributed by atoms with E-state index in [9.17, 15) is 19.6 Å². The Balaban J connectivity index is 1.40. The van der Waals surface area contributed by atoms with Crippen molar-refractivity contribution in [2.24, 2.45) is 11.8 Å². The van der Waals surface area contributed by atoms with Crippen LogP contribution in [0.25, 0.3) is 10.8 Å². The standard InChI is InChI=1S/C27H22ClN3O4/c1-26-10-11-27(35-26,12-13-30-15-17(28)7-9-21(30)32)23-22(26)24(33)31(25(23)34)20-8-6-16(14-29)18-4-2-3-5-19(18)20/h2-9,15,22-23H,10-13H2,1H3/t22-,23+,26-,27-/m0/s1. The highest BCUT2D eigenvalue weighted by molar-refractivity contribution is 6.30. The van der Waals surface area contributed by atoms with E-state index in [2.05, 4.69) is 6.07 Å². The molecule has 6 rings (SSSR count). The van der Waals surface area contributed by atoms with E-state index in [1.807, 2.05) is 31.2 Å². The van der Waals surface area contributed by atoms with Gasteiger partial charge >= 0.3 is 0 Å². The van der Waals surface area contributed by atoms with Gasteiger partial charge in [-0.25, -0.2) is 4.90 Å². The quantitative estimate of drug-likeness (QED) is 0.518. The van der Waals surface area contributed by atoms with Crippen molar-refractivity contribution < 1.29 is 14.3 Å². The van der Waals surface area contributed by atoms with Crippen molar-refractivity contribution in [2.45, 2.75) is 43.9 Å². The lowest BCUT2D eigenvalue weighted by molar-refractivity contribution is -0.130. The molecule has 0 spiro atoms. The maximum atomic E-state index is 13.9. The van der Waals surface area contributed by atoms with Crippen LogP contribution in [-0.4, -0.2) is 27.6 Å². The minimum atomic E-state index is -0.828. The molecule has 3 aromatic rings. The van der Waals surface area contributed by atoms with Gasteiger partial charge in [0.1, 0.15) is 0 Å². The summed E-state index contributed by atoms with van der Waals surface area (Å²) in [5.41, 5.74) is -0.768. The highest BCUT2D eigenvalue weighted by atomic mass is 35.5. The first-order valence-electron chi connectivity index (χ1n) is 11.6. The van der Waals surface area contributed by atoms with E-state index in [0.29, 0.717) is 52.9 Å². The Kier molecular flexibility index (Phi) is 4.73. The van der Waals surface area contributed by atoms with Gasteiger partial charge in [0, 0.05) is 29.6 Å². The summed E-state index contributed by atoms with van der Waals surface area (Å²) in [6, 6.07) is 15.8. The third-order valence-electron chi connectivity index (χ3n) is 8.00. The lowest BCUT2D eigenvalue weighted by atomic mass is 9.67. The molecule has 3 fully saturated rings. The number of anilines is 1. The number of nitrogens with zero attached hydrogens (tertiary/aromatic N) is 3. The van der Waals surface area contributed by atoms with Gasteiger partial charge in [0.15, 0.2) is 0 Å². The first-order chi connectivity index (χ1) is 16.8. The van der Waals surface area contributed by atoms with Crippen LogP contribution in [0.2, 0.25) is 5.02 Å². The Morgan fingerprint density at radius 1 is 1.03 bits per heavy atom. The van der Waals surface area contributed by atoms with Crippen molar-refractivity contribution in [1.29, 1.82) is 5.26 Å². The molecule has 0 radical (unpaired) electrons. The van der Waals surface area contributed by atoms with E-state index in [0.717, 1.165) is 0 Å². The Hall–Kier alpha value is -3.47. The largest absolute Gasteiger partial charge is 0.367 e. The lowest BCUT2D eigenvalue weighted by Crippen LogP contribution is -2.43. The molecular weight excluding hydrogens is 466 g/mol. The molecular formula is C27H22ClN3O4. The Labute approximate surface area is 206 Å². The van der Waals surface area contributed by atoms with E-state index in [1.54, 1.807) is 24.4 Å². The number of amides is 2. The fraction of sp³-hybridized carbons (Fsp3) is 0.333. The predicted molar refractivity (Wildman–Crippen MR) is 130 cm³/mol. The molecule has 3 saturated heterocycles. The second kappa shape index (κ2) is 7.51. The first kappa shape index (κ1) is 22.0. The zero-order chi connectivity index (χ0) is 24.5. The topological polar surface area (TPSA) is 92.4 Å². The highest BCUT2D eigenvalue weighted by Gasteiger charge is 2.73. The van der Waals surface area contributed by atoms with Crippen LogP contribution in [0.3, 0.4) is 0 Å². The molecule has 35 heavy (non-hydrogen) atoms. The first-order valence-corrected chi connectivity index (χ1v) is 12.0. The molecule has 2 aromatic carbocycles. The van der Waals surface area contributed by atoms with Crippen molar-refractivity contribution in [3.05, 3.63) is 75.7 Å². The van der Waals surface area contributed by atoms with Crippen molar-refractivity contribution in [2.75, 3.05) is 4.90 Å². The number of carbonyl (C=O) groups is 2. The summed E-state index contributed by atoms with van der Waals surface area (Å²) in [5.74, 6) is -1.76. The van der Waals surface area contributed by atoms with Crippen LogP contribution in [0.5, 0.6) is 0 Å². The number of ether oxygens (including phenoxy) is 1. The fourth-order valence-corrected chi connectivity index (χ4v) is 6.59. The van der Waals surface area contributed by atoms with E-state index >= 15 is 0 Å². The van der Waals surface area contributed by atoms with Gasteiger partial charge in [0.25, 0.3) is 5.56 Å². The highest BCUT2D eigenvalue weighted by Crippen LogP contribution is 2.62. The summed E-state index contributed by atoms with van der Waals surface area (Å²) in [5, 5.41) is 11.4. The summed E-state index contributed by atoms with van der Waals surface area (Å²) in [6.07, 6.45) is 3.31. The van der Waals surface area contributed by atoms with Crippen molar-refractivity contribution >= 4 is 39.9 Å². The van der Waals surface area contributed by atoms with Crippen molar-refractivity contribution in [3.8, 4) is 6.07 Å². The van der Waals surface area contributed by atoms with E-state index in [1.165, 1.54) is 15.5 Å². The zero-order valence-electron chi connectivity index (χ0n) is 19.0. The van der Waals surface area contributed by atoms with Crippen LogP contribution in [-0.2, 0) is 20.9 Å². The number of fused-ring (bicyclic) bond motifs is 6. The van der Waals surface area contributed by atoms with Crippen LogP contribution in [0.15, 0.2) is 59.5 Å². The number of hydrogen-bond acceptors (Lipinski definition) is 5. The van der Waals surface area contributed by atoms with E-state index < -0.39 is 23.0 Å². The van der Waals surface area contributed by atoms with Crippen LogP contribution < -0.4 is 10.5 Å². The molecule has 2 bridgehead atoms. The summed E-state index contributed by atoms with van der Waals surface area (Å²) >= 11 is 6.08. The number of rotatable bonds is 4. The molecule has 2 amide bonds. The average Bonchev–Trinajstić information content (AvgIpc) is 3.43. The molecule has 0 aliphatic carbocycles. The second-order valence-corrected chi connectivity index (χ2v) is 10.3. The summed E-state index contributed by atoms with van der Waals surface area (Å²) in [7, 11) is 0. The zero-order valence-corrected chi connectivity index (χ0v) is 19.8. The third-order valence-corrected chi connectivity index (χ3v) is 8.22. The number of pyridine rings is 1. The summed E-state index contributed by atoms with van der Waals surface area (Å²) in [6.45, 7) is 2.25. The number of benzene rings is 2. The molecule has 4 atom stereocenters. The lowest BCUT2D eigenvalue weighted by Gasteiger charge is -2.31. The minimum absolute atomic E-state index is 0.180. The van der Waals surface area contributed by atoms with Crippen LogP contribution in [0.1, 0.15) is 31.7 Å². The number of aromatic nitrogens is 1. The normalized spacial score (nSPS) is 29.1. The van der Waals surface area contributed by atoms with Gasteiger partial charge in [0.2, 0.25) is 11.8 Å². The summed E-state index contributed by atoms with van der Waals surface area (Å²) < 4.78 is 8.02. The van der Waals surface area contributed by atoms with Crippen molar-refractivity contribution in [3.63, 3.8) is 0 Å². The van der Waals surface area contributed by atoms with Crippen LogP contribution in [0.4, 0.5) is 5.69 Å². The average molecular weight is 488 g/mol. The Morgan fingerprint density at radius 2 is 1.77 bits per heavy atom. The van der Waals surface area contributed by atoms with Gasteiger partial charge in [-0.3, -0.25) is 14.4 Å². The van der Waals surface area contributed by atoms with Gasteiger partial charge in [-0.05, 0) is 44.4 Å². The molecule has 1 aromatic heterocycles. The number of halogens is 1. The van der Waals surface area contributed by atoms with Crippen molar-refractivity contribution in [1.82, 2.24) is 4.57 Å². The predicted octanol–water partition coefficient (Wildman–Crippen LogP) is 4.04. The smallest absolute Gasteiger partial charge is 0.250 e. The molecule has 8 heteroatoms. The number of hydrogen-bond donors (Lipinski definition) is 0. The van der Waals surface area contributed by atoms with Crippen LogP contribution >= 0.6 is 11.6 Å². The maximum Gasteiger partial charge on any atom is 0.250 e. The fourth-order valence-electron chi connectivity index (χ4n) is 6.41. The molecule has 0 N–H and O–H groups in total. The Morgan fingerprint density at radius 3 is 2.54 bits per heavy atom. The molecule has 4 heterocycles. The molecule has 176 valence electrons. The van der Waals surface area contributed by atoms with Gasteiger partial charge < -0.3 is 9.30 Å². The van der Waals surface area contributed by atoms with Gasteiger partial charge in [-0.2, -0.15) is 5.26 Å². The van der Waals surface area contributed by atoms with E-state index in [4.69, 9.17) is 16.3 Å². The number of carbonyl (C=O) groups excluding carboxylic acids is 2. The third kappa shape index (κ3) is 3.03. The molecule has 0 saturated carbocycles. The number of imide groups is 1. The SMILES string of the molecule is C[C@@]12CC[C@@](CCn3cc(Cl)ccc3=O)(O1)[C@H]1C(=O)N(c3ccc(C#N)c4ccccc34)C(=O)[C@H]12. The molecule has 3 aliphatic heterocycles. The van der Waals surface area contributed by atoms with Crippen LogP contribution in [0, 0.1) is 23.2 Å². The monoisotopic (exact) mass is 487 g/mol. The molecule has 7 nitrogen and oxygen atoms in total. The van der Waals surface area contributed by atoms with Gasteiger partial charge in [-0.15, -0.1) is 0 Å². The van der Waals surface area contributed by atoms with E-state index in [-0.39, 0.29) is 17.4 Å². The number of nitriles is 1. The summed E-state index contributed by atoms with van der Waals surface area (Å²) in [4.78, 5) is 41.3. The molecule has 3 aliphatic rings. The minimum Gasteiger partial charge on any atom is -0.367 e. The van der Waals surface area contributed by atoms with Gasteiger partial charge in [0.05, 0.1) is 45.4 Å². The maximum absolute atomic E-state index is 13.9. The number of aryl methyl sites for hydroxylation is 1. The Bertz CT molecular complexity index is 1520. The van der Waals surface area contributed by atoms with Gasteiger partial charge in [-0.1, -0.05) is 35.9 Å².